The topological polar surface area (TPSA) is 96.9 Å². The number of nitrogens with one attached hydrogen (secondary N) is 3. The van der Waals surface area contributed by atoms with Gasteiger partial charge in [0.1, 0.15) is 0 Å². The van der Waals surface area contributed by atoms with Crippen LogP contribution in [0.25, 0.3) is 10.2 Å². The van der Waals surface area contributed by atoms with Crippen LogP contribution in [0, 0.1) is 0 Å². The Bertz CT molecular complexity index is 936. The summed E-state index contributed by atoms with van der Waals surface area (Å²) in [5, 5.41) is 9.95. The van der Waals surface area contributed by atoms with E-state index in [0.717, 1.165) is 48.2 Å². The molecule has 1 aliphatic carbocycles. The zero-order chi connectivity index (χ0) is 18.1. The van der Waals surface area contributed by atoms with Crippen LogP contribution in [0.15, 0.2) is 23.7 Å². The number of fused-ring (bicyclic) bond motifs is 1. The fourth-order valence-electron chi connectivity index (χ4n) is 3.06. The first-order valence-electron chi connectivity index (χ1n) is 9.30. The van der Waals surface area contributed by atoms with E-state index in [-0.39, 0.29) is 6.10 Å². The Balaban J connectivity index is 1.36. The molecule has 3 aromatic rings. The Morgan fingerprint density at radius 3 is 2.81 bits per heavy atom. The quantitative estimate of drug-likeness (QED) is 0.571. The van der Waals surface area contributed by atoms with E-state index in [9.17, 15) is 0 Å². The Morgan fingerprint density at radius 2 is 1.96 bits per heavy atom. The fourth-order valence-corrected chi connectivity index (χ4v) is 3.77. The molecule has 1 saturated carbocycles. The molecule has 1 atom stereocenters. The molecule has 0 bridgehead atoms. The van der Waals surface area contributed by atoms with Gasteiger partial charge in [0.2, 0.25) is 17.8 Å². The van der Waals surface area contributed by atoms with Crippen molar-refractivity contribution in [1.82, 2.24) is 19.9 Å². The van der Waals surface area contributed by atoms with Gasteiger partial charge in [-0.1, -0.05) is 0 Å². The molecule has 5 rings (SSSR count). The van der Waals surface area contributed by atoms with E-state index in [1.54, 1.807) is 11.3 Å². The smallest absolute Gasteiger partial charge is 0.233 e. The van der Waals surface area contributed by atoms with Gasteiger partial charge in [0, 0.05) is 24.9 Å². The first kappa shape index (κ1) is 16.6. The first-order valence-corrected chi connectivity index (χ1v) is 10.2. The largest absolute Gasteiger partial charge is 0.376 e. The van der Waals surface area contributed by atoms with Crippen molar-refractivity contribution in [2.24, 2.45) is 0 Å². The van der Waals surface area contributed by atoms with E-state index in [2.05, 4.69) is 42.0 Å². The fraction of sp³-hybridized carbons (Fsp3) is 0.444. The number of thiazole rings is 1. The average molecular weight is 383 g/mol. The highest BCUT2D eigenvalue weighted by Crippen LogP contribution is 2.26. The van der Waals surface area contributed by atoms with Crippen LogP contribution >= 0.6 is 11.3 Å². The summed E-state index contributed by atoms with van der Waals surface area (Å²) in [6.45, 7) is 1.55. The summed E-state index contributed by atoms with van der Waals surface area (Å²) in [6, 6.07) is 6.51. The molecule has 2 fully saturated rings. The van der Waals surface area contributed by atoms with Crippen LogP contribution in [0.2, 0.25) is 0 Å². The van der Waals surface area contributed by atoms with Crippen molar-refractivity contribution in [2.45, 2.75) is 37.8 Å². The lowest BCUT2D eigenvalue weighted by Crippen LogP contribution is -2.20. The standard InChI is InChI=1S/C18H21N7OS/c1-2-13(26-7-1)9-19-16-23-17(21-11-3-4-11)25-18(24-16)22-12-5-6-14-15(8-12)27-10-20-14/h5-6,8,10-11,13H,1-4,7,9H2,(H3,19,21,22,23,24,25). The maximum absolute atomic E-state index is 5.67. The summed E-state index contributed by atoms with van der Waals surface area (Å²) in [4.78, 5) is 17.9. The minimum atomic E-state index is 0.228. The number of rotatable bonds is 7. The van der Waals surface area contributed by atoms with Crippen LogP contribution in [0.4, 0.5) is 23.5 Å². The number of aromatic nitrogens is 4. The average Bonchev–Trinajstić information content (AvgIpc) is 3.15. The third-order valence-electron chi connectivity index (χ3n) is 4.65. The Morgan fingerprint density at radius 1 is 1.07 bits per heavy atom. The second kappa shape index (κ2) is 7.24. The molecular weight excluding hydrogens is 362 g/mol. The van der Waals surface area contributed by atoms with E-state index in [0.29, 0.717) is 30.4 Å². The SMILES string of the molecule is c1nc2ccc(Nc3nc(NCC4CCCO4)nc(NC4CC4)n3)cc2s1. The van der Waals surface area contributed by atoms with E-state index in [4.69, 9.17) is 4.74 Å². The molecule has 8 nitrogen and oxygen atoms in total. The zero-order valence-corrected chi connectivity index (χ0v) is 15.6. The molecule has 0 spiro atoms. The monoisotopic (exact) mass is 383 g/mol. The molecule has 0 amide bonds. The molecule has 3 N–H and O–H groups in total. The lowest BCUT2D eigenvalue weighted by molar-refractivity contribution is 0.120. The van der Waals surface area contributed by atoms with Crippen molar-refractivity contribution >= 4 is 45.1 Å². The predicted molar refractivity (Wildman–Crippen MR) is 107 cm³/mol. The van der Waals surface area contributed by atoms with Gasteiger partial charge in [0.15, 0.2) is 0 Å². The molecule has 0 radical (unpaired) electrons. The second-order valence-corrected chi connectivity index (χ2v) is 7.79. The predicted octanol–water partition coefficient (Wildman–Crippen LogP) is 3.39. The molecule has 2 aliphatic rings. The molecule has 1 saturated heterocycles. The maximum Gasteiger partial charge on any atom is 0.233 e. The van der Waals surface area contributed by atoms with Crippen molar-refractivity contribution in [3.05, 3.63) is 23.7 Å². The maximum atomic E-state index is 5.67. The van der Waals surface area contributed by atoms with Crippen LogP contribution in [-0.2, 0) is 4.74 Å². The van der Waals surface area contributed by atoms with Gasteiger partial charge in [-0.25, -0.2) is 4.98 Å². The number of nitrogens with zero attached hydrogens (tertiary/aromatic N) is 4. The van der Waals surface area contributed by atoms with Gasteiger partial charge in [-0.2, -0.15) is 15.0 Å². The molecule has 2 aromatic heterocycles. The van der Waals surface area contributed by atoms with Crippen LogP contribution in [0.5, 0.6) is 0 Å². The van der Waals surface area contributed by atoms with Crippen molar-refractivity contribution in [3.63, 3.8) is 0 Å². The minimum absolute atomic E-state index is 0.228. The highest BCUT2D eigenvalue weighted by Gasteiger charge is 2.23. The molecule has 1 aliphatic heterocycles. The number of ether oxygens (including phenoxy) is 1. The summed E-state index contributed by atoms with van der Waals surface area (Å²) in [5.41, 5.74) is 3.78. The van der Waals surface area contributed by atoms with Crippen molar-refractivity contribution in [2.75, 3.05) is 29.1 Å². The molecular formula is C18H21N7OS. The van der Waals surface area contributed by atoms with E-state index < -0.39 is 0 Å². The number of hydrogen-bond acceptors (Lipinski definition) is 9. The van der Waals surface area contributed by atoms with E-state index in [1.807, 2.05) is 17.6 Å². The number of anilines is 4. The van der Waals surface area contributed by atoms with Crippen LogP contribution < -0.4 is 16.0 Å². The minimum Gasteiger partial charge on any atom is -0.376 e. The lowest BCUT2D eigenvalue weighted by Gasteiger charge is -2.13. The van der Waals surface area contributed by atoms with Crippen molar-refractivity contribution < 1.29 is 4.74 Å². The highest BCUT2D eigenvalue weighted by molar-refractivity contribution is 7.16. The van der Waals surface area contributed by atoms with Gasteiger partial charge in [-0.3, -0.25) is 0 Å². The summed E-state index contributed by atoms with van der Waals surface area (Å²) < 4.78 is 6.80. The summed E-state index contributed by atoms with van der Waals surface area (Å²) >= 11 is 1.61. The Hall–Kier alpha value is -2.52. The van der Waals surface area contributed by atoms with Crippen molar-refractivity contribution in [3.8, 4) is 0 Å². The van der Waals surface area contributed by atoms with Gasteiger partial charge >= 0.3 is 0 Å². The summed E-state index contributed by atoms with van der Waals surface area (Å²) in [5.74, 6) is 1.68. The zero-order valence-electron chi connectivity index (χ0n) is 14.8. The molecule has 9 heteroatoms. The Labute approximate surface area is 160 Å². The highest BCUT2D eigenvalue weighted by atomic mass is 32.1. The van der Waals surface area contributed by atoms with E-state index >= 15 is 0 Å². The van der Waals surface area contributed by atoms with Crippen molar-refractivity contribution in [1.29, 1.82) is 0 Å². The molecule has 140 valence electrons. The normalized spacial score (nSPS) is 19.3. The number of benzene rings is 1. The third kappa shape index (κ3) is 4.09. The van der Waals surface area contributed by atoms with Gasteiger partial charge in [-0.15, -0.1) is 11.3 Å². The van der Waals surface area contributed by atoms with Gasteiger partial charge < -0.3 is 20.7 Å². The van der Waals surface area contributed by atoms with Gasteiger partial charge in [0.25, 0.3) is 0 Å². The third-order valence-corrected chi connectivity index (χ3v) is 5.44. The molecule has 27 heavy (non-hydrogen) atoms. The molecule has 1 unspecified atom stereocenters. The van der Waals surface area contributed by atoms with Gasteiger partial charge in [-0.05, 0) is 43.9 Å². The first-order chi connectivity index (χ1) is 13.3. The van der Waals surface area contributed by atoms with Crippen LogP contribution in [0.1, 0.15) is 25.7 Å². The van der Waals surface area contributed by atoms with Crippen LogP contribution in [-0.4, -0.2) is 45.2 Å². The molecule has 1 aromatic carbocycles. The summed E-state index contributed by atoms with van der Waals surface area (Å²) in [7, 11) is 0. The van der Waals surface area contributed by atoms with Crippen LogP contribution in [0.3, 0.4) is 0 Å². The number of hydrogen-bond donors (Lipinski definition) is 3. The van der Waals surface area contributed by atoms with Gasteiger partial charge in [0.05, 0.1) is 21.8 Å². The summed E-state index contributed by atoms with van der Waals surface area (Å²) in [6.07, 6.45) is 4.74. The lowest BCUT2D eigenvalue weighted by atomic mass is 10.2. The van der Waals surface area contributed by atoms with E-state index in [1.165, 1.54) is 0 Å². The molecule has 3 heterocycles. The second-order valence-electron chi connectivity index (χ2n) is 6.90. The Kier molecular flexibility index (Phi) is 4.46.